The molecule has 1 heterocycles. The van der Waals surface area contributed by atoms with Crippen LogP contribution in [0, 0.1) is 6.92 Å². The third-order valence-electron chi connectivity index (χ3n) is 2.94. The van der Waals surface area contributed by atoms with Gasteiger partial charge in [-0.15, -0.1) is 0 Å². The van der Waals surface area contributed by atoms with E-state index in [1.807, 2.05) is 25.1 Å². The fourth-order valence-corrected chi connectivity index (χ4v) is 1.95. The van der Waals surface area contributed by atoms with E-state index in [-0.39, 0.29) is 5.91 Å². The number of amides is 1. The van der Waals surface area contributed by atoms with E-state index in [0.29, 0.717) is 35.9 Å². The topological polar surface area (TPSA) is 97.3 Å². The van der Waals surface area contributed by atoms with Crippen LogP contribution in [-0.2, 0) is 6.42 Å². The van der Waals surface area contributed by atoms with Crippen molar-refractivity contribution in [3.05, 3.63) is 35.5 Å². The van der Waals surface area contributed by atoms with E-state index in [9.17, 15) is 4.79 Å². The molecule has 3 N–H and O–H groups in total. The quantitative estimate of drug-likeness (QED) is 0.797. The van der Waals surface area contributed by atoms with Gasteiger partial charge in [-0.1, -0.05) is 5.16 Å². The number of hydrogen-bond donors (Lipinski definition) is 2. The number of anilines is 2. The summed E-state index contributed by atoms with van der Waals surface area (Å²) >= 11 is 0. The average molecular weight is 289 g/mol. The zero-order valence-corrected chi connectivity index (χ0v) is 12.4. The number of carbonyl (C=O) groups is 1. The summed E-state index contributed by atoms with van der Waals surface area (Å²) < 4.78 is 4.99. The normalized spacial score (nSPS) is 10.4. The Kier molecular flexibility index (Phi) is 4.42. The smallest absolute Gasteiger partial charge is 0.253 e. The van der Waals surface area contributed by atoms with E-state index in [1.54, 1.807) is 19.1 Å². The number of nitrogens with one attached hydrogen (secondary N) is 1. The van der Waals surface area contributed by atoms with Gasteiger partial charge in [0, 0.05) is 38.4 Å². The van der Waals surface area contributed by atoms with Gasteiger partial charge < -0.3 is 20.5 Å². The monoisotopic (exact) mass is 289 g/mol. The molecule has 0 fully saturated rings. The van der Waals surface area contributed by atoms with Crippen molar-refractivity contribution in [3.63, 3.8) is 0 Å². The Morgan fingerprint density at radius 1 is 1.43 bits per heavy atom. The molecule has 2 rings (SSSR count). The molecule has 112 valence electrons. The summed E-state index contributed by atoms with van der Waals surface area (Å²) in [5, 5.41) is 6.53. The Bertz CT molecular complexity index is 636. The predicted molar refractivity (Wildman–Crippen MR) is 80.3 cm³/mol. The molecule has 7 heteroatoms. The minimum Gasteiger partial charge on any atom is -0.399 e. The Morgan fingerprint density at radius 2 is 2.19 bits per heavy atom. The minimum atomic E-state index is -0.178. The molecule has 0 atom stereocenters. The van der Waals surface area contributed by atoms with Crippen molar-refractivity contribution in [1.29, 1.82) is 0 Å². The first kappa shape index (κ1) is 14.8. The van der Waals surface area contributed by atoms with Crippen molar-refractivity contribution in [1.82, 2.24) is 15.5 Å². The third-order valence-corrected chi connectivity index (χ3v) is 2.94. The van der Waals surface area contributed by atoms with Gasteiger partial charge in [-0.25, -0.2) is 0 Å². The first-order valence-corrected chi connectivity index (χ1v) is 6.61. The number of carbonyl (C=O) groups excluding carboxylic acids is 1. The van der Waals surface area contributed by atoms with Gasteiger partial charge in [0.1, 0.15) is 0 Å². The summed E-state index contributed by atoms with van der Waals surface area (Å²) in [6.07, 6.45) is 0.492. The van der Waals surface area contributed by atoms with Crippen LogP contribution in [0.2, 0.25) is 0 Å². The van der Waals surface area contributed by atoms with E-state index < -0.39 is 0 Å². The zero-order valence-electron chi connectivity index (χ0n) is 12.4. The maximum absolute atomic E-state index is 12.3. The van der Waals surface area contributed by atoms with Crippen molar-refractivity contribution >= 4 is 17.3 Å². The fourth-order valence-electron chi connectivity index (χ4n) is 1.95. The number of nitrogens with two attached hydrogens (primary N) is 1. The number of nitrogens with zero attached hydrogens (tertiary/aromatic N) is 3. The van der Waals surface area contributed by atoms with Crippen LogP contribution >= 0.6 is 0 Å². The molecule has 0 radical (unpaired) electrons. The number of aryl methyl sites for hydroxylation is 1. The van der Waals surface area contributed by atoms with Gasteiger partial charge in [0.25, 0.3) is 5.91 Å². The Labute approximate surface area is 123 Å². The van der Waals surface area contributed by atoms with Crippen LogP contribution in [0.4, 0.5) is 11.4 Å². The number of benzene rings is 1. The molecule has 0 saturated heterocycles. The number of aromatic nitrogens is 2. The summed E-state index contributed by atoms with van der Waals surface area (Å²) in [5.74, 6) is 0.914. The Balaban J connectivity index is 2.01. The highest BCUT2D eigenvalue weighted by Gasteiger charge is 2.13. The fraction of sp³-hybridized carbons (Fsp3) is 0.357. The molecular formula is C14H19N5O2. The highest BCUT2D eigenvalue weighted by Crippen LogP contribution is 2.21. The second kappa shape index (κ2) is 6.25. The molecule has 1 aromatic carbocycles. The summed E-state index contributed by atoms with van der Waals surface area (Å²) in [6.45, 7) is 2.17. The van der Waals surface area contributed by atoms with E-state index >= 15 is 0 Å². The van der Waals surface area contributed by atoms with Crippen molar-refractivity contribution in [3.8, 4) is 0 Å². The van der Waals surface area contributed by atoms with Crippen molar-refractivity contribution in [2.75, 3.05) is 31.3 Å². The number of rotatable bonds is 5. The summed E-state index contributed by atoms with van der Waals surface area (Å²) in [4.78, 5) is 18.2. The van der Waals surface area contributed by atoms with E-state index in [4.69, 9.17) is 10.3 Å². The van der Waals surface area contributed by atoms with E-state index in [1.165, 1.54) is 0 Å². The van der Waals surface area contributed by atoms with E-state index in [2.05, 4.69) is 15.5 Å². The molecule has 0 aliphatic rings. The summed E-state index contributed by atoms with van der Waals surface area (Å²) in [6, 6.07) is 5.26. The van der Waals surface area contributed by atoms with Crippen LogP contribution in [-0.4, -0.2) is 36.7 Å². The molecule has 0 aliphatic carbocycles. The SMILES string of the molecule is Cc1noc(CCNC(=O)c2cc(N)ccc2N(C)C)n1. The predicted octanol–water partition coefficient (Wildman–Crippen LogP) is 0.999. The first-order chi connectivity index (χ1) is 9.97. The summed E-state index contributed by atoms with van der Waals surface area (Å²) in [7, 11) is 3.76. The second-order valence-electron chi connectivity index (χ2n) is 4.91. The summed E-state index contributed by atoms with van der Waals surface area (Å²) in [5.41, 5.74) is 7.67. The molecule has 0 bridgehead atoms. The molecule has 0 saturated carbocycles. The molecule has 2 aromatic rings. The highest BCUT2D eigenvalue weighted by molar-refractivity contribution is 6.00. The molecular weight excluding hydrogens is 270 g/mol. The van der Waals surface area contributed by atoms with Gasteiger partial charge in [-0.3, -0.25) is 4.79 Å². The first-order valence-electron chi connectivity index (χ1n) is 6.61. The maximum atomic E-state index is 12.3. The number of nitrogen functional groups attached to an aromatic ring is 1. The molecule has 7 nitrogen and oxygen atoms in total. The van der Waals surface area contributed by atoms with Gasteiger partial charge >= 0.3 is 0 Å². The molecule has 1 amide bonds. The van der Waals surface area contributed by atoms with Crippen LogP contribution in [0.5, 0.6) is 0 Å². The third kappa shape index (κ3) is 3.71. The highest BCUT2D eigenvalue weighted by atomic mass is 16.5. The lowest BCUT2D eigenvalue weighted by Crippen LogP contribution is -2.27. The van der Waals surface area contributed by atoms with Crippen molar-refractivity contribution in [2.45, 2.75) is 13.3 Å². The lowest BCUT2D eigenvalue weighted by molar-refractivity contribution is 0.0954. The molecule has 0 aliphatic heterocycles. The van der Waals surface area contributed by atoms with Gasteiger partial charge in [-0.2, -0.15) is 4.98 Å². The molecule has 1 aromatic heterocycles. The molecule has 0 unspecified atom stereocenters. The largest absolute Gasteiger partial charge is 0.399 e. The standard InChI is InChI=1S/C14H19N5O2/c1-9-17-13(21-18-9)6-7-16-14(20)11-8-10(15)4-5-12(11)19(2)3/h4-5,8H,6-7,15H2,1-3H3,(H,16,20). The van der Waals surface area contributed by atoms with Crippen molar-refractivity contribution < 1.29 is 9.32 Å². The number of hydrogen-bond acceptors (Lipinski definition) is 6. The lowest BCUT2D eigenvalue weighted by atomic mass is 10.1. The Hall–Kier alpha value is -2.57. The average Bonchev–Trinajstić information content (AvgIpc) is 2.84. The van der Waals surface area contributed by atoms with Gasteiger partial charge in [-0.05, 0) is 25.1 Å². The van der Waals surface area contributed by atoms with E-state index in [0.717, 1.165) is 5.69 Å². The maximum Gasteiger partial charge on any atom is 0.253 e. The van der Waals surface area contributed by atoms with Crippen LogP contribution < -0.4 is 16.0 Å². The van der Waals surface area contributed by atoms with Gasteiger partial charge in [0.2, 0.25) is 5.89 Å². The van der Waals surface area contributed by atoms with Crippen LogP contribution in [0.3, 0.4) is 0 Å². The minimum absolute atomic E-state index is 0.178. The van der Waals surface area contributed by atoms with Crippen LogP contribution in [0.25, 0.3) is 0 Å². The Morgan fingerprint density at radius 3 is 2.81 bits per heavy atom. The second-order valence-corrected chi connectivity index (χ2v) is 4.91. The van der Waals surface area contributed by atoms with Gasteiger partial charge in [0.15, 0.2) is 5.82 Å². The van der Waals surface area contributed by atoms with Gasteiger partial charge in [0.05, 0.1) is 5.56 Å². The lowest BCUT2D eigenvalue weighted by Gasteiger charge is -2.17. The van der Waals surface area contributed by atoms with Crippen LogP contribution in [0.1, 0.15) is 22.1 Å². The van der Waals surface area contributed by atoms with Crippen LogP contribution in [0.15, 0.2) is 22.7 Å². The molecule has 0 spiro atoms. The van der Waals surface area contributed by atoms with Crippen molar-refractivity contribution in [2.24, 2.45) is 0 Å². The molecule has 21 heavy (non-hydrogen) atoms. The zero-order chi connectivity index (χ0) is 15.4.